The average Bonchev–Trinajstić information content (AvgIpc) is 3.38. The van der Waals surface area contributed by atoms with Gasteiger partial charge in [0.05, 0.1) is 27.7 Å². The van der Waals surface area contributed by atoms with Gasteiger partial charge in [0.25, 0.3) is 0 Å². The maximum absolute atomic E-state index is 12.8. The highest BCUT2D eigenvalue weighted by Crippen LogP contribution is 2.43. The second kappa shape index (κ2) is 56.9. The summed E-state index contributed by atoms with van der Waals surface area (Å²) in [5, 5.41) is 0. The quantitative estimate of drug-likeness (QED) is 0.0211. The summed E-state index contributed by atoms with van der Waals surface area (Å²) in [6.07, 6.45) is 76.8. The molecule has 0 fully saturated rings. The summed E-state index contributed by atoms with van der Waals surface area (Å²) >= 11 is 0. The lowest BCUT2D eigenvalue weighted by Crippen LogP contribution is -2.37. The first-order chi connectivity index (χ1) is 37.0. The van der Waals surface area contributed by atoms with E-state index in [-0.39, 0.29) is 32.0 Å². The first-order valence-corrected chi connectivity index (χ1v) is 32.8. The number of allylic oxidation sites excluding steroid dienone is 14. The minimum absolute atomic E-state index is 0.0222. The van der Waals surface area contributed by atoms with Gasteiger partial charge in [-0.05, 0) is 89.9 Å². The Morgan fingerprint density at radius 1 is 0.421 bits per heavy atom. The number of hydrogen-bond donors (Lipinski definition) is 1. The summed E-state index contributed by atoms with van der Waals surface area (Å²) < 4.78 is 34.6. The number of ether oxygens (including phenoxy) is 2. The molecule has 0 aromatic rings. The van der Waals surface area contributed by atoms with E-state index >= 15 is 0 Å². The molecular weight excluding hydrogens is 966 g/mol. The number of carbonyl (C=O) groups excluding carboxylic acids is 2. The van der Waals surface area contributed by atoms with Crippen LogP contribution in [0.1, 0.15) is 271 Å². The second-order valence-corrected chi connectivity index (χ2v) is 23.5. The summed E-state index contributed by atoms with van der Waals surface area (Å²) in [5.74, 6) is -0.831. The third kappa shape index (κ3) is 60.4. The molecule has 0 aromatic heterocycles. The predicted octanol–water partition coefficient (Wildman–Crippen LogP) is 19.8. The van der Waals surface area contributed by atoms with Crippen LogP contribution in [-0.2, 0) is 32.7 Å². The molecule has 0 spiro atoms. The van der Waals surface area contributed by atoms with Crippen LogP contribution in [0.4, 0.5) is 0 Å². The van der Waals surface area contributed by atoms with Gasteiger partial charge in [-0.1, -0.05) is 253 Å². The van der Waals surface area contributed by atoms with E-state index in [4.69, 9.17) is 18.5 Å². The average molecular weight is 1090 g/mol. The van der Waals surface area contributed by atoms with Gasteiger partial charge in [-0.25, -0.2) is 4.57 Å². The number of esters is 2. The van der Waals surface area contributed by atoms with Gasteiger partial charge in [-0.3, -0.25) is 18.6 Å². The lowest BCUT2D eigenvalue weighted by molar-refractivity contribution is -0.870. The van der Waals surface area contributed by atoms with Crippen LogP contribution in [0.15, 0.2) is 85.1 Å². The van der Waals surface area contributed by atoms with E-state index < -0.39 is 26.5 Å². The fourth-order valence-electron chi connectivity index (χ4n) is 8.60. The van der Waals surface area contributed by atoms with Gasteiger partial charge < -0.3 is 18.9 Å². The highest BCUT2D eigenvalue weighted by Gasteiger charge is 2.27. The van der Waals surface area contributed by atoms with Crippen LogP contribution in [0.5, 0.6) is 0 Å². The highest BCUT2D eigenvalue weighted by atomic mass is 31.2. The Kier molecular flexibility index (Phi) is 54.8. The third-order valence-electron chi connectivity index (χ3n) is 13.4. The molecule has 76 heavy (non-hydrogen) atoms. The summed E-state index contributed by atoms with van der Waals surface area (Å²) in [7, 11) is 1.45. The Hall–Kier alpha value is -2.81. The van der Waals surface area contributed by atoms with Crippen molar-refractivity contribution < 1.29 is 42.1 Å². The smallest absolute Gasteiger partial charge is 0.462 e. The highest BCUT2D eigenvalue weighted by molar-refractivity contribution is 7.47. The molecule has 0 saturated heterocycles. The third-order valence-corrected chi connectivity index (χ3v) is 14.4. The molecule has 0 radical (unpaired) electrons. The zero-order chi connectivity index (χ0) is 55.6. The zero-order valence-corrected chi connectivity index (χ0v) is 50.9. The maximum atomic E-state index is 12.8. The number of carbonyl (C=O) groups is 2. The van der Waals surface area contributed by atoms with Gasteiger partial charge in [0.15, 0.2) is 6.10 Å². The van der Waals surface area contributed by atoms with Crippen LogP contribution >= 0.6 is 7.82 Å². The van der Waals surface area contributed by atoms with Gasteiger partial charge in [-0.15, -0.1) is 0 Å². The van der Waals surface area contributed by atoms with E-state index in [0.29, 0.717) is 17.4 Å². The van der Waals surface area contributed by atoms with Crippen molar-refractivity contribution in [3.8, 4) is 0 Å². The van der Waals surface area contributed by atoms with Crippen molar-refractivity contribution in [2.45, 2.75) is 277 Å². The Morgan fingerprint density at radius 3 is 1.13 bits per heavy atom. The molecule has 0 aliphatic heterocycles. The monoisotopic (exact) mass is 1080 g/mol. The standard InChI is InChI=1S/C66H118NO8P/c1-6-8-10-12-14-16-18-20-22-24-26-27-28-29-30-31-32-33-34-35-36-37-38-39-41-42-44-46-48-50-52-54-56-58-65(68)72-62-64(63-74-76(70,71)73-61-60-67(3,4)5)75-66(69)59-57-55-53-51-49-47-45-43-40-25-23-21-19-17-15-13-11-9-7-2/h9,11,15,17-18,20-21,23-24,26,40,43,47,49,64H,6-8,10,12-14,16,19,22,25,27-39,41-42,44-46,48,50-63H2,1-5H3/p+1/b11-9-,17-15-,20-18-,23-21-,26-24-,43-40-,49-47-. The Balaban J connectivity index is 4.06. The van der Waals surface area contributed by atoms with Crippen LogP contribution in [0, 0.1) is 0 Å². The van der Waals surface area contributed by atoms with Gasteiger partial charge in [0.1, 0.15) is 19.8 Å². The molecular formula is C66H119NO8P+. The predicted molar refractivity (Wildman–Crippen MR) is 325 cm³/mol. The summed E-state index contributed by atoms with van der Waals surface area (Å²) in [6.45, 7) is 4.29. The molecule has 0 heterocycles. The number of rotatable bonds is 57. The van der Waals surface area contributed by atoms with Crippen molar-refractivity contribution in [3.05, 3.63) is 85.1 Å². The van der Waals surface area contributed by atoms with E-state index in [1.165, 1.54) is 161 Å². The number of quaternary nitrogens is 1. The van der Waals surface area contributed by atoms with Gasteiger partial charge in [-0.2, -0.15) is 0 Å². The molecule has 10 heteroatoms. The van der Waals surface area contributed by atoms with Crippen molar-refractivity contribution in [1.82, 2.24) is 0 Å². The zero-order valence-electron chi connectivity index (χ0n) is 50.0. The summed E-state index contributed by atoms with van der Waals surface area (Å²) in [6, 6.07) is 0. The molecule has 0 rings (SSSR count). The van der Waals surface area contributed by atoms with E-state index in [0.717, 1.165) is 77.0 Å². The van der Waals surface area contributed by atoms with Crippen LogP contribution in [-0.4, -0.2) is 74.9 Å². The van der Waals surface area contributed by atoms with Crippen molar-refractivity contribution in [1.29, 1.82) is 0 Å². The number of nitrogens with zero attached hydrogens (tertiary/aromatic N) is 1. The maximum Gasteiger partial charge on any atom is 0.472 e. The Morgan fingerprint density at radius 2 is 0.750 bits per heavy atom. The van der Waals surface area contributed by atoms with E-state index in [1.807, 2.05) is 21.1 Å². The molecule has 440 valence electrons. The van der Waals surface area contributed by atoms with E-state index in [1.54, 1.807) is 0 Å². The SMILES string of the molecule is CC/C=C\C/C=C\C/C=C\C/C=C\C/C=C\CCCCCC(=O)OC(COC(=O)CCCCCCCCCCCCCCCCCCCCCCC/C=C\C/C=C\CCCCCCC)COP(=O)(O)OCC[N+](C)(C)C. The van der Waals surface area contributed by atoms with E-state index in [9.17, 15) is 19.0 Å². The first kappa shape index (κ1) is 73.2. The van der Waals surface area contributed by atoms with Crippen LogP contribution < -0.4 is 0 Å². The molecule has 1 N–H and O–H groups in total. The van der Waals surface area contributed by atoms with Crippen molar-refractivity contribution >= 4 is 19.8 Å². The number of unbranched alkanes of at least 4 members (excludes halogenated alkanes) is 29. The summed E-state index contributed by atoms with van der Waals surface area (Å²) in [5.41, 5.74) is 0. The van der Waals surface area contributed by atoms with Crippen LogP contribution in [0.3, 0.4) is 0 Å². The summed E-state index contributed by atoms with van der Waals surface area (Å²) in [4.78, 5) is 35.7. The van der Waals surface area contributed by atoms with E-state index in [2.05, 4.69) is 98.9 Å². The van der Waals surface area contributed by atoms with Crippen LogP contribution in [0.25, 0.3) is 0 Å². The largest absolute Gasteiger partial charge is 0.472 e. The van der Waals surface area contributed by atoms with Crippen molar-refractivity contribution in [2.24, 2.45) is 0 Å². The molecule has 0 saturated carbocycles. The topological polar surface area (TPSA) is 108 Å². The fraction of sp³-hybridized carbons (Fsp3) is 0.758. The Bertz CT molecular complexity index is 1560. The van der Waals surface area contributed by atoms with Crippen molar-refractivity contribution in [2.75, 3.05) is 47.5 Å². The molecule has 0 bridgehead atoms. The first-order valence-electron chi connectivity index (χ1n) is 31.3. The van der Waals surface area contributed by atoms with Gasteiger partial charge in [0.2, 0.25) is 0 Å². The minimum atomic E-state index is -4.40. The number of phosphoric ester groups is 1. The lowest BCUT2D eigenvalue weighted by atomic mass is 10.0. The number of phosphoric acid groups is 1. The molecule has 9 nitrogen and oxygen atoms in total. The molecule has 0 aromatic carbocycles. The molecule has 2 unspecified atom stereocenters. The molecule has 0 aliphatic rings. The van der Waals surface area contributed by atoms with Gasteiger partial charge in [0, 0.05) is 12.8 Å². The van der Waals surface area contributed by atoms with Crippen LogP contribution in [0.2, 0.25) is 0 Å². The Labute approximate surface area is 469 Å². The fourth-order valence-corrected chi connectivity index (χ4v) is 9.34. The molecule has 0 aliphatic carbocycles. The normalized spacial score (nSPS) is 13.8. The van der Waals surface area contributed by atoms with Gasteiger partial charge >= 0.3 is 19.8 Å². The molecule has 2 atom stereocenters. The van der Waals surface area contributed by atoms with Crippen molar-refractivity contribution in [3.63, 3.8) is 0 Å². The lowest BCUT2D eigenvalue weighted by Gasteiger charge is -2.24. The molecule has 0 amide bonds. The number of likely N-dealkylation sites (N-methyl/N-ethyl adjacent to an activating group) is 1. The second-order valence-electron chi connectivity index (χ2n) is 22.1. The minimum Gasteiger partial charge on any atom is -0.462 e. The number of hydrogen-bond acceptors (Lipinski definition) is 7.